The minimum absolute atomic E-state index is 0.0683. The van der Waals surface area contributed by atoms with Gasteiger partial charge in [-0.3, -0.25) is 9.59 Å². The second kappa shape index (κ2) is 9.60. The van der Waals surface area contributed by atoms with Gasteiger partial charge in [0.05, 0.1) is 16.3 Å². The van der Waals surface area contributed by atoms with Crippen molar-refractivity contribution in [2.45, 2.75) is 45.6 Å². The zero-order valence-corrected chi connectivity index (χ0v) is 17.2. The molecule has 1 aromatic heterocycles. The summed E-state index contributed by atoms with van der Waals surface area (Å²) in [6.07, 6.45) is 2.54. The number of ketones is 1. The molecule has 0 spiro atoms. The Balaban J connectivity index is 1.75. The summed E-state index contributed by atoms with van der Waals surface area (Å²) in [6, 6.07) is 17.2. The van der Waals surface area contributed by atoms with Crippen LogP contribution in [-0.2, 0) is 11.2 Å². The maximum absolute atomic E-state index is 13.1. The molecule has 1 atom stereocenters. The van der Waals surface area contributed by atoms with E-state index in [1.807, 2.05) is 54.6 Å². The quantitative estimate of drug-likeness (QED) is 0.518. The number of rotatable bonds is 9. The van der Waals surface area contributed by atoms with Gasteiger partial charge in [0, 0.05) is 6.42 Å². The summed E-state index contributed by atoms with van der Waals surface area (Å²) >= 11 is 1.39. The average molecular weight is 395 g/mol. The lowest BCUT2D eigenvalue weighted by Gasteiger charge is -2.17. The highest BCUT2D eigenvalue weighted by atomic mass is 32.1. The van der Waals surface area contributed by atoms with Gasteiger partial charge in [-0.2, -0.15) is 0 Å². The van der Waals surface area contributed by atoms with Crippen LogP contribution in [0.25, 0.3) is 10.2 Å². The van der Waals surface area contributed by atoms with Crippen molar-refractivity contribution in [3.63, 3.8) is 0 Å². The predicted octanol–water partition coefficient (Wildman–Crippen LogP) is 5.03. The molecular weight excluding hydrogens is 368 g/mol. The molecule has 0 fully saturated rings. The maximum atomic E-state index is 13.1. The van der Waals surface area contributed by atoms with Gasteiger partial charge in [0.1, 0.15) is 0 Å². The summed E-state index contributed by atoms with van der Waals surface area (Å²) in [5, 5.41) is 3.42. The molecule has 3 rings (SSSR count). The van der Waals surface area contributed by atoms with Gasteiger partial charge in [-0.25, -0.2) is 4.98 Å². The van der Waals surface area contributed by atoms with E-state index in [-0.39, 0.29) is 11.7 Å². The van der Waals surface area contributed by atoms with Crippen molar-refractivity contribution in [3.05, 3.63) is 65.2 Å². The molecule has 0 aliphatic rings. The molecule has 3 aromatic rings. The lowest BCUT2D eigenvalue weighted by atomic mass is 10.0. The van der Waals surface area contributed by atoms with E-state index < -0.39 is 6.04 Å². The minimum Gasteiger partial charge on any atom is -0.346 e. The number of benzene rings is 2. The average Bonchev–Trinajstić information content (AvgIpc) is 3.14. The number of aryl methyl sites for hydroxylation is 1. The van der Waals surface area contributed by atoms with Gasteiger partial charge in [-0.15, -0.1) is 11.3 Å². The fourth-order valence-electron chi connectivity index (χ4n) is 3.04. The second-order valence-corrected chi connectivity index (χ2v) is 8.46. The number of Topliss-reactive ketones (excluding diaryl/α,β-unsaturated/α-hetero) is 1. The highest BCUT2D eigenvalue weighted by molar-refractivity contribution is 7.20. The molecule has 0 unspecified atom stereocenters. The van der Waals surface area contributed by atoms with E-state index in [0.29, 0.717) is 23.8 Å². The Bertz CT molecular complexity index is 901. The first-order valence-corrected chi connectivity index (χ1v) is 10.6. The largest absolute Gasteiger partial charge is 0.346 e. The van der Waals surface area contributed by atoms with Crippen LogP contribution in [0.15, 0.2) is 54.6 Å². The molecular formula is C23H26N2O2S. The lowest BCUT2D eigenvalue weighted by molar-refractivity contribution is -0.121. The molecule has 1 heterocycles. The zero-order chi connectivity index (χ0) is 19.9. The van der Waals surface area contributed by atoms with Crippen LogP contribution in [-0.4, -0.2) is 22.7 Å². The van der Waals surface area contributed by atoms with Crippen molar-refractivity contribution in [1.82, 2.24) is 10.3 Å². The number of para-hydroxylation sites is 1. The fourth-order valence-corrected chi connectivity index (χ4v) is 4.00. The summed E-state index contributed by atoms with van der Waals surface area (Å²) < 4.78 is 0.985. The number of carbonyl (C=O) groups is 2. The van der Waals surface area contributed by atoms with Crippen LogP contribution in [0.3, 0.4) is 0 Å². The molecule has 0 radical (unpaired) electrons. The van der Waals surface area contributed by atoms with Crippen molar-refractivity contribution in [3.8, 4) is 0 Å². The molecule has 0 saturated carbocycles. The molecule has 1 N–H and O–H groups in total. The second-order valence-electron chi connectivity index (χ2n) is 7.43. The molecule has 2 aromatic carbocycles. The molecule has 0 aliphatic carbocycles. The zero-order valence-electron chi connectivity index (χ0n) is 16.4. The summed E-state index contributed by atoms with van der Waals surface area (Å²) in [5.74, 6) is 0.282. The SMILES string of the molecule is CC(C)CCC(=O)N[C@@H](CCc1ccccc1)C(=O)c1nc2ccccc2s1. The van der Waals surface area contributed by atoms with Gasteiger partial charge < -0.3 is 5.32 Å². The van der Waals surface area contributed by atoms with Crippen LogP contribution in [0.5, 0.6) is 0 Å². The van der Waals surface area contributed by atoms with E-state index >= 15 is 0 Å². The molecule has 4 nitrogen and oxygen atoms in total. The smallest absolute Gasteiger partial charge is 0.220 e. The molecule has 0 saturated heterocycles. The number of thiazole rings is 1. The predicted molar refractivity (Wildman–Crippen MR) is 115 cm³/mol. The number of carbonyl (C=O) groups excluding carboxylic acids is 2. The van der Waals surface area contributed by atoms with Gasteiger partial charge in [0.15, 0.2) is 5.01 Å². The fraction of sp³-hybridized carbons (Fsp3) is 0.348. The molecule has 1 amide bonds. The highest BCUT2D eigenvalue weighted by Crippen LogP contribution is 2.23. The summed E-state index contributed by atoms with van der Waals surface area (Å²) in [5.41, 5.74) is 1.98. The normalized spacial score (nSPS) is 12.2. The number of amides is 1. The first kappa shape index (κ1) is 20.2. The summed E-state index contributed by atoms with van der Waals surface area (Å²) in [6.45, 7) is 4.18. The van der Waals surface area contributed by atoms with Crippen molar-refractivity contribution < 1.29 is 9.59 Å². The molecule has 28 heavy (non-hydrogen) atoms. The number of fused-ring (bicyclic) bond motifs is 1. The van der Waals surface area contributed by atoms with Gasteiger partial charge in [-0.05, 0) is 42.9 Å². The Labute approximate surface area is 170 Å². The number of nitrogens with one attached hydrogen (secondary N) is 1. The molecule has 5 heteroatoms. The van der Waals surface area contributed by atoms with Crippen LogP contribution in [0, 0.1) is 5.92 Å². The van der Waals surface area contributed by atoms with Gasteiger partial charge in [0.2, 0.25) is 11.7 Å². The third kappa shape index (κ3) is 5.49. The number of hydrogen-bond acceptors (Lipinski definition) is 4. The Hall–Kier alpha value is -2.53. The number of hydrogen-bond donors (Lipinski definition) is 1. The van der Waals surface area contributed by atoms with Crippen LogP contribution in [0.1, 0.15) is 48.5 Å². The Morgan fingerprint density at radius 3 is 2.43 bits per heavy atom. The summed E-state index contributed by atoms with van der Waals surface area (Å²) in [7, 11) is 0. The molecule has 146 valence electrons. The van der Waals surface area contributed by atoms with Gasteiger partial charge >= 0.3 is 0 Å². The van der Waals surface area contributed by atoms with E-state index in [1.54, 1.807) is 0 Å². The Morgan fingerprint density at radius 1 is 1.00 bits per heavy atom. The van der Waals surface area contributed by atoms with Gasteiger partial charge in [-0.1, -0.05) is 56.3 Å². The molecule has 0 bridgehead atoms. The lowest BCUT2D eigenvalue weighted by Crippen LogP contribution is -2.41. The standard InChI is InChI=1S/C23H26N2O2S/c1-16(2)12-15-21(26)24-19(14-13-17-8-4-3-5-9-17)22(27)23-25-18-10-6-7-11-20(18)28-23/h3-11,16,19H,12-15H2,1-2H3,(H,24,26)/t19-/m0/s1. The Morgan fingerprint density at radius 2 is 1.71 bits per heavy atom. The van der Waals surface area contributed by atoms with Gasteiger partial charge in [0.25, 0.3) is 0 Å². The number of nitrogens with zero attached hydrogens (tertiary/aromatic N) is 1. The van der Waals surface area contributed by atoms with Crippen LogP contribution < -0.4 is 5.32 Å². The van der Waals surface area contributed by atoms with Crippen LogP contribution in [0.2, 0.25) is 0 Å². The van der Waals surface area contributed by atoms with E-state index in [4.69, 9.17) is 0 Å². The third-order valence-corrected chi connectivity index (χ3v) is 5.72. The van der Waals surface area contributed by atoms with Crippen molar-refractivity contribution in [2.75, 3.05) is 0 Å². The molecule has 0 aliphatic heterocycles. The third-order valence-electron chi connectivity index (χ3n) is 4.67. The van der Waals surface area contributed by atoms with E-state index in [2.05, 4.69) is 24.1 Å². The van der Waals surface area contributed by atoms with Crippen LogP contribution >= 0.6 is 11.3 Å². The van der Waals surface area contributed by atoms with Crippen molar-refractivity contribution in [1.29, 1.82) is 0 Å². The van der Waals surface area contributed by atoms with Crippen molar-refractivity contribution >= 4 is 33.2 Å². The van der Waals surface area contributed by atoms with Crippen molar-refractivity contribution in [2.24, 2.45) is 5.92 Å². The van der Waals surface area contributed by atoms with Crippen LogP contribution in [0.4, 0.5) is 0 Å². The Kier molecular flexibility index (Phi) is 6.93. The topological polar surface area (TPSA) is 59.1 Å². The number of aromatic nitrogens is 1. The van der Waals surface area contributed by atoms with E-state index in [1.165, 1.54) is 11.3 Å². The van der Waals surface area contributed by atoms with E-state index in [9.17, 15) is 9.59 Å². The van der Waals surface area contributed by atoms with E-state index in [0.717, 1.165) is 28.6 Å². The maximum Gasteiger partial charge on any atom is 0.220 e. The first-order valence-electron chi connectivity index (χ1n) is 9.76. The minimum atomic E-state index is -0.555. The first-order chi connectivity index (χ1) is 13.5. The monoisotopic (exact) mass is 394 g/mol. The summed E-state index contributed by atoms with van der Waals surface area (Å²) in [4.78, 5) is 30.0. The highest BCUT2D eigenvalue weighted by Gasteiger charge is 2.25.